The van der Waals surface area contributed by atoms with Crippen molar-refractivity contribution in [2.45, 2.75) is 19.0 Å². The molecule has 0 spiro atoms. The van der Waals surface area contributed by atoms with Gasteiger partial charge in [0.1, 0.15) is 6.54 Å². The Balaban J connectivity index is 1.62. The highest BCUT2D eigenvalue weighted by Gasteiger charge is 2.29. The summed E-state index contributed by atoms with van der Waals surface area (Å²) in [4.78, 5) is 24.2. The molecular formula is C18H27N5OS. The summed E-state index contributed by atoms with van der Waals surface area (Å²) in [6, 6.07) is 4.73. The van der Waals surface area contributed by atoms with E-state index < -0.39 is 0 Å². The number of amides is 1. The SMILES string of the molecule is CN(C)C(=O)CN=C(NCc1cccs1)N1CCC(N2CC=CC2)C1. The maximum Gasteiger partial charge on any atom is 0.243 e. The number of carbonyl (C=O) groups is 1. The van der Waals surface area contributed by atoms with Crippen molar-refractivity contribution < 1.29 is 4.79 Å². The van der Waals surface area contributed by atoms with E-state index in [2.05, 4.69) is 49.8 Å². The summed E-state index contributed by atoms with van der Waals surface area (Å²) in [7, 11) is 3.53. The highest BCUT2D eigenvalue weighted by Crippen LogP contribution is 2.18. The van der Waals surface area contributed by atoms with Gasteiger partial charge in [-0.15, -0.1) is 11.3 Å². The van der Waals surface area contributed by atoms with Crippen molar-refractivity contribution in [3.8, 4) is 0 Å². The molecule has 7 heteroatoms. The molecule has 2 aliphatic heterocycles. The highest BCUT2D eigenvalue weighted by molar-refractivity contribution is 7.09. The molecule has 3 heterocycles. The van der Waals surface area contributed by atoms with Crippen molar-refractivity contribution >= 4 is 23.2 Å². The number of thiophene rings is 1. The first-order valence-electron chi connectivity index (χ1n) is 8.78. The molecule has 1 unspecified atom stereocenters. The lowest BCUT2D eigenvalue weighted by Gasteiger charge is -2.25. The Hall–Kier alpha value is -1.86. The Kier molecular flexibility index (Phi) is 6.09. The molecule has 1 amide bonds. The third-order valence-electron chi connectivity index (χ3n) is 4.69. The molecule has 1 N–H and O–H groups in total. The molecule has 0 bridgehead atoms. The first-order valence-corrected chi connectivity index (χ1v) is 9.66. The molecule has 25 heavy (non-hydrogen) atoms. The van der Waals surface area contributed by atoms with E-state index in [9.17, 15) is 4.79 Å². The summed E-state index contributed by atoms with van der Waals surface area (Å²) in [5.74, 6) is 0.869. The van der Waals surface area contributed by atoms with Crippen LogP contribution < -0.4 is 5.32 Å². The molecule has 0 aromatic carbocycles. The van der Waals surface area contributed by atoms with Crippen molar-refractivity contribution in [1.29, 1.82) is 0 Å². The van der Waals surface area contributed by atoms with Crippen molar-refractivity contribution in [3.63, 3.8) is 0 Å². The molecular weight excluding hydrogens is 334 g/mol. The van der Waals surface area contributed by atoms with Gasteiger partial charge in [-0.3, -0.25) is 9.69 Å². The van der Waals surface area contributed by atoms with Gasteiger partial charge in [-0.1, -0.05) is 18.2 Å². The number of guanidine groups is 1. The number of hydrogen-bond acceptors (Lipinski definition) is 4. The summed E-state index contributed by atoms with van der Waals surface area (Å²) in [6.07, 6.45) is 5.62. The van der Waals surface area contributed by atoms with Crippen LogP contribution >= 0.6 is 11.3 Å². The minimum Gasteiger partial charge on any atom is -0.351 e. The van der Waals surface area contributed by atoms with Crippen molar-refractivity contribution in [2.75, 3.05) is 46.8 Å². The largest absolute Gasteiger partial charge is 0.351 e. The Bertz CT molecular complexity index is 617. The number of aliphatic imine (C=N–C) groups is 1. The van der Waals surface area contributed by atoms with Crippen LogP contribution in [0.4, 0.5) is 0 Å². The Morgan fingerprint density at radius 2 is 2.20 bits per heavy atom. The van der Waals surface area contributed by atoms with E-state index in [-0.39, 0.29) is 12.5 Å². The van der Waals surface area contributed by atoms with Gasteiger partial charge >= 0.3 is 0 Å². The fourth-order valence-corrected chi connectivity index (χ4v) is 3.80. The predicted molar refractivity (Wildman–Crippen MR) is 103 cm³/mol. The summed E-state index contributed by atoms with van der Waals surface area (Å²) in [5.41, 5.74) is 0. The summed E-state index contributed by atoms with van der Waals surface area (Å²) in [6.45, 7) is 4.98. The van der Waals surface area contributed by atoms with Gasteiger partial charge in [-0.2, -0.15) is 0 Å². The van der Waals surface area contributed by atoms with E-state index in [1.54, 1.807) is 30.3 Å². The van der Waals surface area contributed by atoms with Crippen LogP contribution in [0, 0.1) is 0 Å². The quantitative estimate of drug-likeness (QED) is 0.487. The first-order chi connectivity index (χ1) is 12.1. The lowest BCUT2D eigenvalue weighted by atomic mass is 10.2. The second kappa shape index (κ2) is 8.49. The van der Waals surface area contributed by atoms with Crippen LogP contribution in [-0.4, -0.2) is 79.4 Å². The normalized spacial score (nSPS) is 21.1. The van der Waals surface area contributed by atoms with E-state index in [1.165, 1.54) is 4.88 Å². The summed E-state index contributed by atoms with van der Waals surface area (Å²) < 4.78 is 0. The van der Waals surface area contributed by atoms with Gasteiger partial charge in [0.05, 0.1) is 6.54 Å². The zero-order valence-corrected chi connectivity index (χ0v) is 15.8. The standard InChI is InChI=1S/C18H27N5OS/c1-21(2)17(24)13-20-18(19-12-16-6-5-11-25-16)23-10-7-15(14-23)22-8-3-4-9-22/h3-6,11,15H,7-10,12-14H2,1-2H3,(H,19,20). The van der Waals surface area contributed by atoms with Gasteiger partial charge in [0.15, 0.2) is 5.96 Å². The fourth-order valence-electron chi connectivity index (χ4n) is 3.16. The molecule has 1 saturated heterocycles. The highest BCUT2D eigenvalue weighted by atomic mass is 32.1. The second-order valence-corrected chi connectivity index (χ2v) is 7.71. The number of carbonyl (C=O) groups excluding carboxylic acids is 1. The molecule has 1 aromatic rings. The Morgan fingerprint density at radius 3 is 2.88 bits per heavy atom. The zero-order valence-electron chi connectivity index (χ0n) is 15.0. The molecule has 136 valence electrons. The topological polar surface area (TPSA) is 51.2 Å². The molecule has 6 nitrogen and oxygen atoms in total. The van der Waals surface area contributed by atoms with Crippen LogP contribution in [0.15, 0.2) is 34.7 Å². The van der Waals surface area contributed by atoms with Gasteiger partial charge in [0, 0.05) is 51.2 Å². The maximum atomic E-state index is 11.9. The minimum atomic E-state index is 0.0231. The van der Waals surface area contributed by atoms with E-state index in [4.69, 9.17) is 0 Å². The smallest absolute Gasteiger partial charge is 0.243 e. The van der Waals surface area contributed by atoms with Gasteiger partial charge < -0.3 is 15.1 Å². The molecule has 2 aliphatic rings. The fraction of sp³-hybridized carbons (Fsp3) is 0.556. The minimum absolute atomic E-state index is 0.0231. The van der Waals surface area contributed by atoms with E-state index >= 15 is 0 Å². The van der Waals surface area contributed by atoms with Crippen LogP contribution in [0.2, 0.25) is 0 Å². The zero-order chi connectivity index (χ0) is 17.6. The van der Waals surface area contributed by atoms with E-state index in [0.717, 1.165) is 45.1 Å². The Labute approximate surface area is 153 Å². The number of nitrogens with one attached hydrogen (secondary N) is 1. The van der Waals surface area contributed by atoms with Crippen LogP contribution in [0.3, 0.4) is 0 Å². The summed E-state index contributed by atoms with van der Waals surface area (Å²) in [5, 5.41) is 5.53. The molecule has 1 atom stereocenters. The van der Waals surface area contributed by atoms with Gasteiger partial charge in [-0.05, 0) is 17.9 Å². The molecule has 1 aromatic heterocycles. The molecule has 0 radical (unpaired) electrons. The van der Waals surface area contributed by atoms with Gasteiger partial charge in [0.25, 0.3) is 0 Å². The third kappa shape index (κ3) is 4.83. The number of likely N-dealkylation sites (tertiary alicyclic amines) is 1. The average Bonchev–Trinajstić information content (AvgIpc) is 3.35. The van der Waals surface area contributed by atoms with Crippen molar-refractivity contribution in [1.82, 2.24) is 20.0 Å². The van der Waals surface area contributed by atoms with Crippen LogP contribution in [0.25, 0.3) is 0 Å². The monoisotopic (exact) mass is 361 g/mol. The molecule has 1 fully saturated rings. The predicted octanol–water partition coefficient (Wildman–Crippen LogP) is 1.23. The first kappa shape index (κ1) is 17.9. The number of nitrogens with zero attached hydrogens (tertiary/aromatic N) is 4. The van der Waals surface area contributed by atoms with Crippen LogP contribution in [0.5, 0.6) is 0 Å². The van der Waals surface area contributed by atoms with Crippen molar-refractivity contribution in [3.05, 3.63) is 34.5 Å². The second-order valence-electron chi connectivity index (χ2n) is 6.67. The van der Waals surface area contributed by atoms with Crippen LogP contribution in [-0.2, 0) is 11.3 Å². The van der Waals surface area contributed by atoms with Gasteiger partial charge in [0.2, 0.25) is 5.91 Å². The van der Waals surface area contributed by atoms with Crippen LogP contribution in [0.1, 0.15) is 11.3 Å². The number of rotatable bonds is 5. The molecule has 3 rings (SSSR count). The average molecular weight is 362 g/mol. The lowest BCUT2D eigenvalue weighted by Crippen LogP contribution is -2.43. The van der Waals surface area contributed by atoms with Gasteiger partial charge in [-0.25, -0.2) is 4.99 Å². The maximum absolute atomic E-state index is 11.9. The molecule has 0 aliphatic carbocycles. The summed E-state index contributed by atoms with van der Waals surface area (Å²) >= 11 is 1.73. The third-order valence-corrected chi connectivity index (χ3v) is 5.57. The number of likely N-dealkylation sites (N-methyl/N-ethyl adjacent to an activating group) is 1. The number of hydrogen-bond donors (Lipinski definition) is 1. The van der Waals surface area contributed by atoms with Crippen molar-refractivity contribution in [2.24, 2.45) is 4.99 Å². The van der Waals surface area contributed by atoms with E-state index in [1.807, 2.05) is 0 Å². The lowest BCUT2D eigenvalue weighted by molar-refractivity contribution is -0.127. The molecule has 0 saturated carbocycles. The van der Waals surface area contributed by atoms with E-state index in [0.29, 0.717) is 6.04 Å². The Morgan fingerprint density at radius 1 is 1.40 bits per heavy atom.